The lowest BCUT2D eigenvalue weighted by atomic mass is 10.1. The van der Waals surface area contributed by atoms with E-state index in [4.69, 9.17) is 9.47 Å². The summed E-state index contributed by atoms with van der Waals surface area (Å²) >= 11 is 0. The molecule has 0 aromatic heterocycles. The van der Waals surface area contributed by atoms with Gasteiger partial charge in [0, 0.05) is 31.9 Å². The number of rotatable bonds is 7. The quantitative estimate of drug-likeness (QED) is 0.675. The van der Waals surface area contributed by atoms with E-state index in [-0.39, 0.29) is 17.2 Å². The van der Waals surface area contributed by atoms with Crippen LogP contribution in [0.3, 0.4) is 0 Å². The van der Waals surface area contributed by atoms with E-state index in [1.165, 1.54) is 27.6 Å². The molecule has 0 bridgehead atoms. The Kier molecular flexibility index (Phi) is 7.63. The van der Waals surface area contributed by atoms with Crippen LogP contribution in [0.2, 0.25) is 0 Å². The van der Waals surface area contributed by atoms with Gasteiger partial charge in [0.15, 0.2) is 0 Å². The van der Waals surface area contributed by atoms with Gasteiger partial charge in [-0.15, -0.1) is 0 Å². The molecule has 0 unspecified atom stereocenters. The molecule has 1 fully saturated rings. The first-order chi connectivity index (χ1) is 15.3. The van der Waals surface area contributed by atoms with Gasteiger partial charge in [0.05, 0.1) is 23.8 Å². The van der Waals surface area contributed by atoms with Gasteiger partial charge < -0.3 is 14.4 Å². The Hall–Kier alpha value is -2.78. The summed E-state index contributed by atoms with van der Waals surface area (Å²) < 4.78 is 38.5. The minimum atomic E-state index is -3.73. The molecule has 1 N–H and O–H groups in total. The van der Waals surface area contributed by atoms with Crippen LogP contribution in [0.1, 0.15) is 25.0 Å². The summed E-state index contributed by atoms with van der Waals surface area (Å²) in [5.74, 6) is 0.388. The molecule has 32 heavy (non-hydrogen) atoms. The zero-order valence-electron chi connectivity index (χ0n) is 19.1. The Bertz CT molecular complexity index is 1060. The number of anilines is 2. The van der Waals surface area contributed by atoms with E-state index in [0.717, 1.165) is 5.69 Å². The maximum atomic E-state index is 13.3. The zero-order chi connectivity index (χ0) is 23.3. The summed E-state index contributed by atoms with van der Waals surface area (Å²) in [5.41, 5.74) is 3.84. The monoisotopic (exact) mass is 461 g/mol. The van der Waals surface area contributed by atoms with Crippen molar-refractivity contribution in [3.8, 4) is 5.75 Å². The first-order valence-electron chi connectivity index (χ1n) is 10.8. The number of nitrogens with zero attached hydrogens (tertiary/aromatic N) is 2. The van der Waals surface area contributed by atoms with E-state index >= 15 is 0 Å². The molecule has 174 valence electrons. The molecule has 2 aromatic rings. The van der Waals surface area contributed by atoms with Crippen molar-refractivity contribution >= 4 is 27.5 Å². The minimum Gasteiger partial charge on any atom is -0.492 e. The topological polar surface area (TPSA) is 88.2 Å². The van der Waals surface area contributed by atoms with E-state index in [1.54, 1.807) is 13.0 Å². The predicted molar refractivity (Wildman–Crippen MR) is 125 cm³/mol. The fourth-order valence-corrected chi connectivity index (χ4v) is 5.17. The Labute approximate surface area is 190 Å². The number of carbonyl (C=O) groups is 1. The molecule has 1 aliphatic rings. The minimum absolute atomic E-state index is 0.105. The molecule has 1 aliphatic heterocycles. The molecule has 8 nitrogen and oxygen atoms in total. The first-order valence-corrected chi connectivity index (χ1v) is 12.2. The fraction of sp³-hybridized carbons (Fsp3) is 0.435. The highest BCUT2D eigenvalue weighted by Gasteiger charge is 2.30. The van der Waals surface area contributed by atoms with Gasteiger partial charge >= 0.3 is 6.09 Å². The first kappa shape index (κ1) is 23.9. The molecular formula is C23H31N3O5S. The van der Waals surface area contributed by atoms with Crippen LogP contribution in [0.25, 0.3) is 0 Å². The van der Waals surface area contributed by atoms with Crippen LogP contribution in [0, 0.1) is 13.8 Å². The average Bonchev–Trinajstić information content (AvgIpc) is 2.77. The zero-order valence-corrected chi connectivity index (χ0v) is 19.9. The second-order valence-corrected chi connectivity index (χ2v) is 9.48. The predicted octanol–water partition coefficient (Wildman–Crippen LogP) is 3.78. The highest BCUT2D eigenvalue weighted by atomic mass is 32.2. The van der Waals surface area contributed by atoms with Crippen LogP contribution < -0.4 is 15.0 Å². The van der Waals surface area contributed by atoms with E-state index in [9.17, 15) is 13.2 Å². The van der Waals surface area contributed by atoms with Gasteiger partial charge in [0.1, 0.15) is 5.75 Å². The van der Waals surface area contributed by atoms with Crippen molar-refractivity contribution in [2.24, 2.45) is 0 Å². The standard InChI is InChI=1S/C23H31N3O5S/c1-5-30-22-11-10-19(16-20(22)24-23(27)31-6-2)32(28,29)26-14-12-25(13-15-26)21-9-7-8-17(3)18(21)4/h7-11,16H,5-6,12-15H2,1-4H3,(H,24,27). The second kappa shape index (κ2) is 10.2. The van der Waals surface area contributed by atoms with Crippen LogP contribution in [0.15, 0.2) is 41.3 Å². The Morgan fingerprint density at radius 3 is 2.41 bits per heavy atom. The molecule has 0 spiro atoms. The van der Waals surface area contributed by atoms with Crippen molar-refractivity contribution in [2.75, 3.05) is 49.6 Å². The van der Waals surface area contributed by atoms with Gasteiger partial charge in [-0.25, -0.2) is 13.2 Å². The molecule has 1 heterocycles. The SMILES string of the molecule is CCOC(=O)Nc1cc(S(=O)(=O)N2CCN(c3cccc(C)c3C)CC2)ccc1OCC. The number of amides is 1. The van der Waals surface area contributed by atoms with Gasteiger partial charge in [-0.3, -0.25) is 5.32 Å². The summed E-state index contributed by atoms with van der Waals surface area (Å²) in [6.45, 7) is 10.2. The third-order valence-electron chi connectivity index (χ3n) is 5.56. The lowest BCUT2D eigenvalue weighted by Crippen LogP contribution is -2.48. The molecule has 1 saturated heterocycles. The molecular weight excluding hydrogens is 430 g/mol. The van der Waals surface area contributed by atoms with Crippen molar-refractivity contribution < 1.29 is 22.7 Å². The highest BCUT2D eigenvalue weighted by molar-refractivity contribution is 7.89. The van der Waals surface area contributed by atoms with Gasteiger partial charge in [0.2, 0.25) is 10.0 Å². The van der Waals surface area contributed by atoms with E-state index in [1.807, 2.05) is 13.0 Å². The number of sulfonamides is 1. The Morgan fingerprint density at radius 1 is 1.03 bits per heavy atom. The molecule has 0 radical (unpaired) electrons. The third kappa shape index (κ3) is 5.16. The highest BCUT2D eigenvalue weighted by Crippen LogP contribution is 2.31. The van der Waals surface area contributed by atoms with Crippen molar-refractivity contribution in [3.05, 3.63) is 47.5 Å². The summed E-state index contributed by atoms with van der Waals surface area (Å²) in [6.07, 6.45) is -0.662. The van der Waals surface area contributed by atoms with E-state index in [2.05, 4.69) is 36.2 Å². The lowest BCUT2D eigenvalue weighted by molar-refractivity contribution is 0.167. The van der Waals surface area contributed by atoms with Crippen LogP contribution in [-0.2, 0) is 14.8 Å². The second-order valence-electron chi connectivity index (χ2n) is 7.55. The number of piperazine rings is 1. The van der Waals surface area contributed by atoms with Gasteiger partial charge in [-0.2, -0.15) is 4.31 Å². The molecule has 0 saturated carbocycles. The number of ether oxygens (including phenoxy) is 2. The van der Waals surface area contributed by atoms with Crippen molar-refractivity contribution in [1.82, 2.24) is 4.31 Å². The van der Waals surface area contributed by atoms with Gasteiger partial charge in [-0.05, 0) is 63.1 Å². The molecule has 2 aromatic carbocycles. The largest absolute Gasteiger partial charge is 0.492 e. The van der Waals surface area contributed by atoms with Crippen LogP contribution in [0.4, 0.5) is 16.2 Å². The number of benzene rings is 2. The van der Waals surface area contributed by atoms with Crippen LogP contribution >= 0.6 is 0 Å². The Morgan fingerprint density at radius 2 is 1.75 bits per heavy atom. The summed E-state index contributed by atoms with van der Waals surface area (Å²) in [5, 5.41) is 2.57. The van der Waals surface area contributed by atoms with Crippen molar-refractivity contribution in [2.45, 2.75) is 32.6 Å². The fourth-order valence-electron chi connectivity index (χ4n) is 3.72. The van der Waals surface area contributed by atoms with Crippen LogP contribution in [-0.4, -0.2) is 58.2 Å². The molecule has 0 atom stereocenters. The summed E-state index contributed by atoms with van der Waals surface area (Å²) in [7, 11) is -3.73. The normalized spacial score (nSPS) is 14.8. The molecule has 9 heteroatoms. The number of aryl methyl sites for hydroxylation is 1. The molecule has 3 rings (SSSR count). The van der Waals surface area contributed by atoms with Crippen molar-refractivity contribution in [3.63, 3.8) is 0 Å². The molecule has 0 aliphatic carbocycles. The number of carbonyl (C=O) groups excluding carboxylic acids is 1. The maximum absolute atomic E-state index is 13.3. The summed E-state index contributed by atoms with van der Waals surface area (Å²) in [6, 6.07) is 10.7. The number of hydrogen-bond acceptors (Lipinski definition) is 6. The van der Waals surface area contributed by atoms with Crippen molar-refractivity contribution in [1.29, 1.82) is 0 Å². The average molecular weight is 462 g/mol. The van der Waals surface area contributed by atoms with Gasteiger partial charge in [-0.1, -0.05) is 12.1 Å². The number of hydrogen-bond donors (Lipinski definition) is 1. The summed E-state index contributed by atoms with van der Waals surface area (Å²) in [4.78, 5) is 14.2. The lowest BCUT2D eigenvalue weighted by Gasteiger charge is -2.36. The third-order valence-corrected chi connectivity index (χ3v) is 7.45. The smallest absolute Gasteiger partial charge is 0.411 e. The number of nitrogens with one attached hydrogen (secondary N) is 1. The van der Waals surface area contributed by atoms with Gasteiger partial charge in [0.25, 0.3) is 0 Å². The maximum Gasteiger partial charge on any atom is 0.411 e. The molecule has 1 amide bonds. The van der Waals surface area contributed by atoms with E-state index in [0.29, 0.717) is 38.5 Å². The Balaban J connectivity index is 1.79. The van der Waals surface area contributed by atoms with E-state index < -0.39 is 16.1 Å². The van der Waals surface area contributed by atoms with Crippen LogP contribution in [0.5, 0.6) is 5.75 Å².